The number of aliphatic hydroxyl groups excluding tert-OH is 1. The molecule has 0 amide bonds. The fourth-order valence-electron chi connectivity index (χ4n) is 3.13. The number of thioether (sulfide) groups is 1. The molecule has 2 heterocycles. The van der Waals surface area contributed by atoms with Crippen molar-refractivity contribution >= 4 is 11.8 Å². The van der Waals surface area contributed by atoms with Gasteiger partial charge in [-0.2, -0.15) is 4.68 Å². The van der Waals surface area contributed by atoms with Crippen LogP contribution in [0.2, 0.25) is 0 Å². The molecular weight excluding hydrogens is 410 g/mol. The van der Waals surface area contributed by atoms with Crippen LogP contribution < -0.4 is 5.32 Å². The summed E-state index contributed by atoms with van der Waals surface area (Å²) in [5.41, 5.74) is 2.86. The minimum Gasteiger partial charge on any atom is -0.460 e. The second-order valence-corrected chi connectivity index (χ2v) is 8.21. The Morgan fingerprint density at radius 1 is 1.06 bits per heavy atom. The number of para-hydroxylation sites is 1. The van der Waals surface area contributed by atoms with Crippen molar-refractivity contribution in [3.63, 3.8) is 0 Å². The van der Waals surface area contributed by atoms with Gasteiger partial charge < -0.3 is 14.8 Å². The molecule has 4 rings (SSSR count). The van der Waals surface area contributed by atoms with Gasteiger partial charge >= 0.3 is 0 Å². The highest BCUT2D eigenvalue weighted by Gasteiger charge is 2.09. The predicted molar refractivity (Wildman–Crippen MR) is 121 cm³/mol. The molecule has 4 aromatic rings. The minimum atomic E-state index is -0.463. The molecule has 2 N–H and O–H groups in total. The van der Waals surface area contributed by atoms with Crippen LogP contribution in [0.1, 0.15) is 30.8 Å². The summed E-state index contributed by atoms with van der Waals surface area (Å²) >= 11 is 1.64. The van der Waals surface area contributed by atoms with E-state index in [2.05, 4.69) is 20.8 Å². The van der Waals surface area contributed by atoms with Gasteiger partial charge in [-0.1, -0.05) is 54.2 Å². The summed E-state index contributed by atoms with van der Waals surface area (Å²) in [6.07, 6.45) is 0.523. The smallest absolute Gasteiger partial charge is 0.214 e. The maximum absolute atomic E-state index is 9.62. The Hall–Kier alpha value is -2.94. The summed E-state index contributed by atoms with van der Waals surface area (Å²) in [6.45, 7) is 3.31. The van der Waals surface area contributed by atoms with Gasteiger partial charge in [0.1, 0.15) is 11.5 Å². The van der Waals surface area contributed by atoms with Crippen LogP contribution in [0, 0.1) is 0 Å². The Kier molecular flexibility index (Phi) is 7.14. The fraction of sp³-hybridized carbons (Fsp3) is 0.261. The summed E-state index contributed by atoms with van der Waals surface area (Å²) in [7, 11) is 0. The van der Waals surface area contributed by atoms with Crippen molar-refractivity contribution in [3.05, 3.63) is 78.1 Å². The fourth-order valence-corrected chi connectivity index (χ4v) is 3.96. The molecule has 0 radical (unpaired) electrons. The normalized spacial score (nSPS) is 12.2. The van der Waals surface area contributed by atoms with Gasteiger partial charge in [0, 0.05) is 11.3 Å². The van der Waals surface area contributed by atoms with Gasteiger partial charge in [0.15, 0.2) is 0 Å². The lowest BCUT2D eigenvalue weighted by Crippen LogP contribution is -2.14. The van der Waals surface area contributed by atoms with E-state index in [0.717, 1.165) is 52.2 Å². The number of aromatic nitrogens is 4. The Morgan fingerprint density at radius 2 is 1.87 bits per heavy atom. The van der Waals surface area contributed by atoms with E-state index in [4.69, 9.17) is 4.42 Å². The molecule has 0 aliphatic rings. The summed E-state index contributed by atoms with van der Waals surface area (Å²) in [5, 5.41) is 25.8. The van der Waals surface area contributed by atoms with Crippen LogP contribution in [0.3, 0.4) is 0 Å². The number of tetrazole rings is 1. The number of aliphatic hydroxyl groups is 1. The third-order valence-corrected chi connectivity index (χ3v) is 5.81. The molecule has 0 unspecified atom stereocenters. The van der Waals surface area contributed by atoms with Crippen LogP contribution in [-0.2, 0) is 6.54 Å². The minimum absolute atomic E-state index is 0.463. The Bertz CT molecular complexity index is 1080. The van der Waals surface area contributed by atoms with Crippen LogP contribution in [0.5, 0.6) is 0 Å². The first-order valence-corrected chi connectivity index (χ1v) is 11.2. The number of hydrogen-bond donors (Lipinski definition) is 2. The second kappa shape index (κ2) is 10.4. The van der Waals surface area contributed by atoms with E-state index < -0.39 is 6.10 Å². The van der Waals surface area contributed by atoms with Crippen LogP contribution in [0.25, 0.3) is 17.0 Å². The van der Waals surface area contributed by atoms with Gasteiger partial charge in [-0.25, -0.2) is 0 Å². The van der Waals surface area contributed by atoms with Crippen LogP contribution >= 0.6 is 11.8 Å². The zero-order chi connectivity index (χ0) is 21.5. The van der Waals surface area contributed by atoms with E-state index >= 15 is 0 Å². The highest BCUT2D eigenvalue weighted by molar-refractivity contribution is 7.99. The van der Waals surface area contributed by atoms with Crippen LogP contribution in [-0.4, -0.2) is 37.6 Å². The van der Waals surface area contributed by atoms with Crippen molar-refractivity contribution in [2.24, 2.45) is 0 Å². The quantitative estimate of drug-likeness (QED) is 0.284. The molecule has 2 aromatic carbocycles. The first kappa shape index (κ1) is 21.3. The zero-order valence-corrected chi connectivity index (χ0v) is 18.1. The number of nitrogens with zero attached hydrogens (tertiary/aromatic N) is 4. The SMILES string of the molecule is C[C@@H](O)c1ccc(-c2ccc(CNCCCSc3nnnn3-c3ccccc3)o2)cc1. The van der Waals surface area contributed by atoms with Gasteiger partial charge in [0.25, 0.3) is 0 Å². The molecule has 8 heteroatoms. The molecule has 0 aliphatic carbocycles. The maximum atomic E-state index is 9.62. The lowest BCUT2D eigenvalue weighted by atomic mass is 10.1. The molecule has 1 atom stereocenters. The number of benzene rings is 2. The van der Waals surface area contributed by atoms with Gasteiger partial charge in [-0.3, -0.25) is 0 Å². The van der Waals surface area contributed by atoms with Gasteiger partial charge in [-0.15, -0.1) is 5.10 Å². The van der Waals surface area contributed by atoms with Gasteiger partial charge in [0.05, 0.1) is 18.3 Å². The summed E-state index contributed by atoms with van der Waals surface area (Å²) in [6, 6.07) is 21.7. The van der Waals surface area contributed by atoms with Crippen molar-refractivity contribution in [2.45, 2.75) is 31.1 Å². The topological polar surface area (TPSA) is 89.0 Å². The molecule has 0 aliphatic heterocycles. The number of rotatable bonds is 10. The summed E-state index contributed by atoms with van der Waals surface area (Å²) in [4.78, 5) is 0. The molecular formula is C23H25N5O2S. The standard InChI is InChI=1S/C23H25N5O2S/c1-17(29)18-8-10-19(11-9-18)22-13-12-21(30-22)16-24-14-5-15-31-23-25-26-27-28(23)20-6-3-2-4-7-20/h2-4,6-13,17,24,29H,5,14-16H2,1H3/t17-/m1/s1. The highest BCUT2D eigenvalue weighted by atomic mass is 32.2. The zero-order valence-electron chi connectivity index (χ0n) is 17.3. The monoisotopic (exact) mass is 435 g/mol. The van der Waals surface area contributed by atoms with Crippen molar-refractivity contribution in [1.82, 2.24) is 25.5 Å². The lowest BCUT2D eigenvalue weighted by Gasteiger charge is -2.05. The predicted octanol–water partition coefficient (Wildman–Crippen LogP) is 4.25. The number of nitrogens with one attached hydrogen (secondary N) is 1. The molecule has 0 saturated carbocycles. The first-order valence-electron chi connectivity index (χ1n) is 10.2. The van der Waals surface area contributed by atoms with E-state index in [9.17, 15) is 5.11 Å². The van der Waals surface area contributed by atoms with E-state index in [-0.39, 0.29) is 0 Å². The molecule has 0 fully saturated rings. The van der Waals surface area contributed by atoms with E-state index in [0.29, 0.717) is 6.54 Å². The van der Waals surface area contributed by atoms with Crippen molar-refractivity contribution in [1.29, 1.82) is 0 Å². The third kappa shape index (κ3) is 5.61. The Morgan fingerprint density at radius 3 is 2.65 bits per heavy atom. The molecule has 0 bridgehead atoms. The average Bonchev–Trinajstić information content (AvgIpc) is 3.46. The van der Waals surface area contributed by atoms with E-state index in [1.165, 1.54) is 0 Å². The van der Waals surface area contributed by atoms with E-state index in [1.807, 2.05) is 66.7 Å². The molecule has 31 heavy (non-hydrogen) atoms. The van der Waals surface area contributed by atoms with E-state index in [1.54, 1.807) is 23.4 Å². The average molecular weight is 436 g/mol. The second-order valence-electron chi connectivity index (χ2n) is 7.15. The van der Waals surface area contributed by atoms with Crippen molar-refractivity contribution in [2.75, 3.05) is 12.3 Å². The first-order chi connectivity index (χ1) is 15.2. The maximum Gasteiger partial charge on any atom is 0.214 e. The third-order valence-electron chi connectivity index (χ3n) is 4.81. The van der Waals surface area contributed by atoms with Crippen LogP contribution in [0.4, 0.5) is 0 Å². The van der Waals surface area contributed by atoms with Gasteiger partial charge in [0.2, 0.25) is 5.16 Å². The Balaban J connectivity index is 1.20. The van der Waals surface area contributed by atoms with Crippen molar-refractivity contribution < 1.29 is 9.52 Å². The Labute approximate surface area is 185 Å². The molecule has 0 spiro atoms. The number of furan rings is 1. The largest absolute Gasteiger partial charge is 0.460 e. The van der Waals surface area contributed by atoms with Crippen molar-refractivity contribution in [3.8, 4) is 17.0 Å². The molecule has 0 saturated heterocycles. The highest BCUT2D eigenvalue weighted by Crippen LogP contribution is 2.24. The van der Waals surface area contributed by atoms with Crippen LogP contribution in [0.15, 0.2) is 76.3 Å². The molecule has 2 aromatic heterocycles. The summed E-state index contributed by atoms with van der Waals surface area (Å²) < 4.78 is 7.70. The molecule has 160 valence electrons. The summed E-state index contributed by atoms with van der Waals surface area (Å²) in [5.74, 6) is 2.65. The molecule has 7 nitrogen and oxygen atoms in total. The van der Waals surface area contributed by atoms with Gasteiger partial charge in [-0.05, 0) is 60.1 Å². The lowest BCUT2D eigenvalue weighted by molar-refractivity contribution is 0.199. The number of hydrogen-bond acceptors (Lipinski definition) is 7.